The monoisotopic (exact) mass is 98.0 g/mol. The minimum Gasteiger partial charge on any atom is -0.345 e. The van der Waals surface area contributed by atoms with Crippen LogP contribution in [0.3, 0.4) is 0 Å². The molecule has 0 saturated heterocycles. The SMILES string of the molecule is O=[PH](O)CF. The van der Waals surface area contributed by atoms with Gasteiger partial charge in [0.1, 0.15) is 0 Å². The second-order valence-electron chi connectivity index (χ2n) is 0.527. The Balaban J connectivity index is 2.85. The van der Waals surface area contributed by atoms with Crippen LogP contribution >= 0.6 is 8.03 Å². The Kier molecular flexibility index (Phi) is 2.42. The summed E-state index contributed by atoms with van der Waals surface area (Å²) in [5.74, 6) is 0. The maximum absolute atomic E-state index is 10.6. The largest absolute Gasteiger partial charge is 0.345 e. The first-order valence-corrected chi connectivity index (χ1v) is 2.61. The minimum atomic E-state index is -2.79. The molecule has 1 N–H and O–H groups in total. The fourth-order valence-electron chi connectivity index (χ4n) is 0. The Morgan fingerprint density at radius 1 is 2.00 bits per heavy atom. The van der Waals surface area contributed by atoms with Gasteiger partial charge in [0.05, 0.1) is 0 Å². The summed E-state index contributed by atoms with van der Waals surface area (Å²) in [5.41, 5.74) is 0. The van der Waals surface area contributed by atoms with Gasteiger partial charge in [0.25, 0.3) is 0 Å². The lowest BCUT2D eigenvalue weighted by Crippen LogP contribution is -1.53. The molecule has 0 rings (SSSR count). The molecular formula is CH4FO2P. The van der Waals surface area contributed by atoms with E-state index >= 15 is 0 Å². The molecular weight excluding hydrogens is 94.0 g/mol. The zero-order valence-corrected chi connectivity index (χ0v) is 3.44. The van der Waals surface area contributed by atoms with Crippen molar-refractivity contribution in [1.82, 2.24) is 0 Å². The first-order valence-electron chi connectivity index (χ1n) is 1.05. The number of hydrogen-bond acceptors (Lipinski definition) is 1. The topological polar surface area (TPSA) is 37.3 Å². The molecule has 0 aliphatic carbocycles. The van der Waals surface area contributed by atoms with Gasteiger partial charge in [-0.15, -0.1) is 0 Å². The van der Waals surface area contributed by atoms with Gasteiger partial charge in [-0.05, 0) is 0 Å². The van der Waals surface area contributed by atoms with E-state index in [0.29, 0.717) is 0 Å². The molecule has 0 aliphatic rings. The van der Waals surface area contributed by atoms with Gasteiger partial charge >= 0.3 is 0 Å². The number of halogens is 1. The normalized spacial score (nSPS) is 14.8. The zero-order chi connectivity index (χ0) is 4.28. The molecule has 0 aromatic heterocycles. The van der Waals surface area contributed by atoms with Crippen molar-refractivity contribution in [3.63, 3.8) is 0 Å². The summed E-state index contributed by atoms with van der Waals surface area (Å²) in [5, 5.41) is 0. The highest BCUT2D eigenvalue weighted by Crippen LogP contribution is 2.10. The summed E-state index contributed by atoms with van der Waals surface area (Å²) in [6.07, 6.45) is -1.09. The Bertz CT molecular complexity index is 44.9. The van der Waals surface area contributed by atoms with Crippen molar-refractivity contribution >= 4 is 8.03 Å². The van der Waals surface area contributed by atoms with E-state index in [0.717, 1.165) is 0 Å². The molecule has 2 nitrogen and oxygen atoms in total. The van der Waals surface area contributed by atoms with E-state index in [2.05, 4.69) is 0 Å². The van der Waals surface area contributed by atoms with Gasteiger partial charge in [-0.1, -0.05) is 0 Å². The van der Waals surface area contributed by atoms with Crippen LogP contribution in [0.25, 0.3) is 0 Å². The third-order valence-electron chi connectivity index (χ3n) is 0.114. The smallest absolute Gasteiger partial charge is 0.219 e. The molecule has 0 radical (unpaired) electrons. The molecule has 32 valence electrons. The van der Waals surface area contributed by atoms with E-state index in [1.54, 1.807) is 0 Å². The Morgan fingerprint density at radius 3 is 2.20 bits per heavy atom. The lowest BCUT2D eigenvalue weighted by Gasteiger charge is -1.71. The van der Waals surface area contributed by atoms with E-state index in [1.807, 2.05) is 0 Å². The fourth-order valence-corrected chi connectivity index (χ4v) is 0. The summed E-state index contributed by atoms with van der Waals surface area (Å²) in [6.45, 7) is 0. The van der Waals surface area contributed by atoms with Crippen molar-refractivity contribution in [3.05, 3.63) is 0 Å². The van der Waals surface area contributed by atoms with Gasteiger partial charge < -0.3 is 4.89 Å². The van der Waals surface area contributed by atoms with Crippen LogP contribution < -0.4 is 0 Å². The average molecular weight is 98.0 g/mol. The van der Waals surface area contributed by atoms with E-state index < -0.39 is 14.4 Å². The molecule has 5 heavy (non-hydrogen) atoms. The molecule has 0 heterocycles. The van der Waals surface area contributed by atoms with Crippen LogP contribution in [0.15, 0.2) is 0 Å². The highest BCUT2D eigenvalue weighted by Gasteiger charge is 1.80. The van der Waals surface area contributed by atoms with Crippen molar-refractivity contribution in [3.8, 4) is 0 Å². The van der Waals surface area contributed by atoms with Crippen molar-refractivity contribution in [2.45, 2.75) is 0 Å². The average Bonchev–Trinajstić information content (AvgIpc) is 1.38. The molecule has 0 aromatic rings. The first kappa shape index (κ1) is 5.12. The predicted octanol–water partition coefficient (Wildman–Crippen LogP) is 0.380. The minimum absolute atomic E-state index is 1.09. The lowest BCUT2D eigenvalue weighted by atomic mass is 11.8. The molecule has 0 spiro atoms. The molecule has 4 heteroatoms. The predicted molar refractivity (Wildman–Crippen MR) is 17.2 cm³/mol. The van der Waals surface area contributed by atoms with E-state index in [1.165, 1.54) is 0 Å². The van der Waals surface area contributed by atoms with Gasteiger partial charge in [-0.2, -0.15) is 0 Å². The van der Waals surface area contributed by atoms with Crippen LogP contribution in [0, 0.1) is 0 Å². The summed E-state index contributed by atoms with van der Waals surface area (Å²) in [6, 6.07) is 0. The molecule has 0 aliphatic heterocycles. The van der Waals surface area contributed by atoms with Crippen molar-refractivity contribution in [1.29, 1.82) is 0 Å². The molecule has 0 amide bonds. The van der Waals surface area contributed by atoms with Crippen LogP contribution in [0.5, 0.6) is 0 Å². The van der Waals surface area contributed by atoms with Crippen molar-refractivity contribution < 1.29 is 13.8 Å². The van der Waals surface area contributed by atoms with E-state index in [4.69, 9.17) is 4.89 Å². The fraction of sp³-hybridized carbons (Fsp3) is 1.00. The molecule has 0 fully saturated rings. The van der Waals surface area contributed by atoms with Crippen LogP contribution in [0.1, 0.15) is 0 Å². The number of rotatable bonds is 1. The lowest BCUT2D eigenvalue weighted by molar-refractivity contribution is 0.467. The molecule has 1 unspecified atom stereocenters. The van der Waals surface area contributed by atoms with E-state index in [-0.39, 0.29) is 0 Å². The molecule has 0 saturated carbocycles. The third kappa shape index (κ3) is 4.12. The Hall–Kier alpha value is 0.120. The maximum atomic E-state index is 10.6. The van der Waals surface area contributed by atoms with Gasteiger partial charge in [0.2, 0.25) is 8.03 Å². The number of hydrogen-bond donors (Lipinski definition) is 1. The van der Waals surface area contributed by atoms with Crippen molar-refractivity contribution in [2.24, 2.45) is 0 Å². The second kappa shape index (κ2) is 2.36. The first-order chi connectivity index (χ1) is 2.27. The second-order valence-corrected chi connectivity index (χ2v) is 1.58. The highest BCUT2D eigenvalue weighted by molar-refractivity contribution is 7.37. The van der Waals surface area contributed by atoms with Crippen LogP contribution in [0.2, 0.25) is 0 Å². The molecule has 0 bridgehead atoms. The maximum Gasteiger partial charge on any atom is 0.219 e. The van der Waals surface area contributed by atoms with Gasteiger partial charge in [-0.3, -0.25) is 4.57 Å². The summed E-state index contributed by atoms with van der Waals surface area (Å²) >= 11 is 0. The molecule has 0 aromatic carbocycles. The van der Waals surface area contributed by atoms with Crippen LogP contribution in [0.4, 0.5) is 4.39 Å². The van der Waals surface area contributed by atoms with Crippen LogP contribution in [-0.2, 0) is 4.57 Å². The summed E-state index contributed by atoms with van der Waals surface area (Å²) in [4.78, 5) is 7.53. The van der Waals surface area contributed by atoms with Gasteiger partial charge in [-0.25, -0.2) is 4.39 Å². The van der Waals surface area contributed by atoms with Gasteiger partial charge in [0.15, 0.2) is 6.42 Å². The quantitative estimate of drug-likeness (QED) is 0.481. The third-order valence-corrected chi connectivity index (χ3v) is 0.343. The summed E-state index contributed by atoms with van der Waals surface area (Å²) < 4.78 is 19.8. The molecule has 1 atom stereocenters. The standard InChI is InChI=1S/CH4FO2P/c2-1-5(3)4/h5H,1H2,(H,3,4). The summed E-state index contributed by atoms with van der Waals surface area (Å²) in [7, 11) is -2.79. The van der Waals surface area contributed by atoms with Crippen molar-refractivity contribution in [2.75, 3.05) is 6.42 Å². The Morgan fingerprint density at radius 2 is 2.20 bits per heavy atom. The zero-order valence-electron chi connectivity index (χ0n) is 2.44. The van der Waals surface area contributed by atoms with Gasteiger partial charge in [0, 0.05) is 0 Å². The Labute approximate surface area is 29.5 Å². The number of alkyl halides is 1. The van der Waals surface area contributed by atoms with Crippen LogP contribution in [-0.4, -0.2) is 11.3 Å². The highest BCUT2D eigenvalue weighted by atomic mass is 31.1. The van der Waals surface area contributed by atoms with E-state index in [9.17, 15) is 8.96 Å².